The maximum absolute atomic E-state index is 12.7. The van der Waals surface area contributed by atoms with Gasteiger partial charge in [0, 0.05) is 51.4 Å². The third-order valence-electron chi connectivity index (χ3n) is 5.67. The van der Waals surface area contributed by atoms with Crippen molar-refractivity contribution in [2.75, 3.05) is 57.8 Å². The number of ether oxygens (including phenoxy) is 1. The van der Waals surface area contributed by atoms with E-state index in [4.69, 9.17) is 4.74 Å². The van der Waals surface area contributed by atoms with Crippen molar-refractivity contribution in [3.63, 3.8) is 0 Å². The molecule has 8 heteroatoms. The fraction of sp³-hybridized carbons (Fsp3) is 0.650. The summed E-state index contributed by atoms with van der Waals surface area (Å²) >= 11 is 0. The van der Waals surface area contributed by atoms with Crippen LogP contribution in [0.1, 0.15) is 20.3 Å². The lowest BCUT2D eigenvalue weighted by Crippen LogP contribution is -2.52. The molecule has 28 heavy (non-hydrogen) atoms. The molecule has 8 nitrogen and oxygen atoms in total. The monoisotopic (exact) mass is 390 g/mol. The van der Waals surface area contributed by atoms with Crippen molar-refractivity contribution in [2.24, 2.45) is 11.8 Å². The molecule has 2 atom stereocenters. The van der Waals surface area contributed by atoms with Gasteiger partial charge in [0.2, 0.25) is 5.91 Å². The average Bonchev–Trinajstić information content (AvgIpc) is 2.67. The summed E-state index contributed by atoms with van der Waals surface area (Å²) in [7, 11) is 1.55. The highest BCUT2D eigenvalue weighted by Crippen LogP contribution is 2.32. The van der Waals surface area contributed by atoms with Gasteiger partial charge in [0.25, 0.3) is 5.69 Å². The van der Waals surface area contributed by atoms with Crippen LogP contribution in [0.15, 0.2) is 18.2 Å². The Labute approximate surface area is 166 Å². The molecule has 0 N–H and O–H groups in total. The molecule has 0 bridgehead atoms. The number of nitro groups is 1. The first-order chi connectivity index (χ1) is 13.4. The first-order valence-electron chi connectivity index (χ1n) is 9.95. The van der Waals surface area contributed by atoms with Gasteiger partial charge in [-0.1, -0.05) is 13.8 Å². The zero-order chi connectivity index (χ0) is 20.3. The Balaban J connectivity index is 1.59. The molecule has 0 unspecified atom stereocenters. The first-order valence-corrected chi connectivity index (χ1v) is 9.95. The predicted octanol–water partition coefficient (Wildman–Crippen LogP) is 2.23. The number of carbonyl (C=O) groups is 1. The van der Waals surface area contributed by atoms with E-state index in [2.05, 4.69) is 18.7 Å². The number of nitrogens with zero attached hydrogens (tertiary/aromatic N) is 4. The summed E-state index contributed by atoms with van der Waals surface area (Å²) in [6, 6.07) is 4.81. The third-order valence-corrected chi connectivity index (χ3v) is 5.67. The molecule has 3 rings (SSSR count). The number of likely N-dealkylation sites (tertiary alicyclic amines) is 1. The van der Waals surface area contributed by atoms with Crippen LogP contribution in [0.3, 0.4) is 0 Å². The fourth-order valence-electron chi connectivity index (χ4n) is 4.34. The fourth-order valence-corrected chi connectivity index (χ4v) is 4.34. The number of nitro benzene ring substituents is 1. The number of anilines is 1. The molecule has 2 aliphatic heterocycles. The number of benzene rings is 1. The van der Waals surface area contributed by atoms with Crippen LogP contribution in [0.4, 0.5) is 11.4 Å². The number of rotatable bonds is 5. The lowest BCUT2D eigenvalue weighted by molar-refractivity contribution is -0.384. The maximum atomic E-state index is 12.7. The van der Waals surface area contributed by atoms with E-state index < -0.39 is 0 Å². The van der Waals surface area contributed by atoms with Gasteiger partial charge >= 0.3 is 0 Å². The second-order valence-corrected chi connectivity index (χ2v) is 8.12. The zero-order valence-electron chi connectivity index (χ0n) is 17.0. The Hall–Kier alpha value is -2.35. The smallest absolute Gasteiger partial charge is 0.292 e. The zero-order valence-corrected chi connectivity index (χ0v) is 17.0. The summed E-state index contributed by atoms with van der Waals surface area (Å²) in [5, 5.41) is 11.4. The van der Waals surface area contributed by atoms with Crippen LogP contribution in [0.25, 0.3) is 0 Å². The van der Waals surface area contributed by atoms with E-state index in [-0.39, 0.29) is 16.5 Å². The Kier molecular flexibility index (Phi) is 6.39. The van der Waals surface area contributed by atoms with E-state index in [1.54, 1.807) is 19.2 Å². The first kappa shape index (κ1) is 20.4. The average molecular weight is 390 g/mol. The van der Waals surface area contributed by atoms with Crippen LogP contribution in [-0.2, 0) is 4.79 Å². The van der Waals surface area contributed by atoms with Crippen molar-refractivity contribution in [1.82, 2.24) is 9.80 Å². The minimum absolute atomic E-state index is 0.0848. The highest BCUT2D eigenvalue weighted by atomic mass is 16.6. The molecule has 1 aromatic rings. The van der Waals surface area contributed by atoms with Crippen molar-refractivity contribution in [2.45, 2.75) is 20.3 Å². The van der Waals surface area contributed by atoms with E-state index in [0.29, 0.717) is 56.0 Å². The highest BCUT2D eigenvalue weighted by molar-refractivity contribution is 5.78. The van der Waals surface area contributed by atoms with E-state index in [1.807, 2.05) is 9.80 Å². The number of hydrogen-bond donors (Lipinski definition) is 0. The Bertz CT molecular complexity index is 708. The number of amides is 1. The van der Waals surface area contributed by atoms with E-state index in [0.717, 1.165) is 13.1 Å². The van der Waals surface area contributed by atoms with Crippen LogP contribution >= 0.6 is 0 Å². The molecule has 0 aromatic heterocycles. The van der Waals surface area contributed by atoms with E-state index in [9.17, 15) is 14.9 Å². The quantitative estimate of drug-likeness (QED) is 0.567. The number of piperidine rings is 1. The number of hydrogen-bond acceptors (Lipinski definition) is 6. The molecule has 0 saturated carbocycles. The Morgan fingerprint density at radius 1 is 1.18 bits per heavy atom. The minimum Gasteiger partial charge on any atom is -0.497 e. The molecule has 0 radical (unpaired) electrons. The molecule has 154 valence electrons. The van der Waals surface area contributed by atoms with Crippen LogP contribution in [0.2, 0.25) is 0 Å². The molecule has 2 heterocycles. The number of carbonyl (C=O) groups excluding carboxylic acids is 1. The molecular formula is C20H30N4O4. The summed E-state index contributed by atoms with van der Waals surface area (Å²) in [5.41, 5.74) is 0.663. The van der Waals surface area contributed by atoms with Crippen LogP contribution in [-0.4, -0.2) is 73.6 Å². The van der Waals surface area contributed by atoms with Crippen molar-refractivity contribution in [3.8, 4) is 5.75 Å². The number of piperazine rings is 1. The summed E-state index contributed by atoms with van der Waals surface area (Å²) in [5.74, 6) is 1.90. The molecule has 0 aliphatic carbocycles. The largest absolute Gasteiger partial charge is 0.497 e. The SMILES string of the molecule is COc1ccc([N+](=O)[O-])c(N2CCN(CC(=O)N3C[C@H](C)C[C@H](C)C3)CC2)c1. The highest BCUT2D eigenvalue weighted by Gasteiger charge is 2.29. The van der Waals surface area contributed by atoms with Crippen molar-refractivity contribution in [1.29, 1.82) is 0 Å². The van der Waals surface area contributed by atoms with Gasteiger partial charge in [0.1, 0.15) is 11.4 Å². The molecule has 2 fully saturated rings. The molecular weight excluding hydrogens is 360 g/mol. The van der Waals surface area contributed by atoms with Gasteiger partial charge in [-0.25, -0.2) is 0 Å². The van der Waals surface area contributed by atoms with E-state index in [1.165, 1.54) is 12.5 Å². The molecule has 2 saturated heterocycles. The van der Waals surface area contributed by atoms with Crippen molar-refractivity contribution < 1.29 is 14.5 Å². The third kappa shape index (κ3) is 4.73. The van der Waals surface area contributed by atoms with Crippen LogP contribution < -0.4 is 9.64 Å². The summed E-state index contributed by atoms with van der Waals surface area (Å²) in [4.78, 5) is 29.9. The summed E-state index contributed by atoms with van der Waals surface area (Å²) < 4.78 is 5.23. The number of methoxy groups -OCH3 is 1. The Morgan fingerprint density at radius 3 is 2.39 bits per heavy atom. The van der Waals surface area contributed by atoms with Gasteiger partial charge in [-0.15, -0.1) is 0 Å². The second-order valence-electron chi connectivity index (χ2n) is 8.12. The molecule has 1 amide bonds. The minimum atomic E-state index is -0.358. The van der Waals surface area contributed by atoms with Crippen LogP contribution in [0.5, 0.6) is 5.75 Å². The van der Waals surface area contributed by atoms with Crippen molar-refractivity contribution in [3.05, 3.63) is 28.3 Å². The Morgan fingerprint density at radius 2 is 1.82 bits per heavy atom. The lowest BCUT2D eigenvalue weighted by Gasteiger charge is -2.38. The van der Waals surface area contributed by atoms with Gasteiger partial charge in [-0.2, -0.15) is 0 Å². The van der Waals surface area contributed by atoms with E-state index >= 15 is 0 Å². The topological polar surface area (TPSA) is 79.2 Å². The predicted molar refractivity (Wildman–Crippen MR) is 108 cm³/mol. The van der Waals surface area contributed by atoms with Crippen molar-refractivity contribution >= 4 is 17.3 Å². The molecule has 1 aromatic carbocycles. The second kappa shape index (κ2) is 8.77. The van der Waals surface area contributed by atoms with Gasteiger partial charge in [0.05, 0.1) is 18.6 Å². The van der Waals surface area contributed by atoms with Gasteiger partial charge in [0.15, 0.2) is 0 Å². The van der Waals surface area contributed by atoms with Gasteiger partial charge < -0.3 is 14.5 Å². The summed E-state index contributed by atoms with van der Waals surface area (Å²) in [6.07, 6.45) is 1.18. The van der Waals surface area contributed by atoms with Crippen LogP contribution in [0, 0.1) is 22.0 Å². The normalized spacial score (nSPS) is 23.5. The van der Waals surface area contributed by atoms with Gasteiger partial charge in [-0.3, -0.25) is 19.8 Å². The summed E-state index contributed by atoms with van der Waals surface area (Å²) in [6.45, 7) is 9.23. The molecule has 2 aliphatic rings. The molecule has 0 spiro atoms. The lowest BCUT2D eigenvalue weighted by atomic mass is 9.92. The standard InChI is InChI=1S/C20H30N4O4/c1-15-10-16(2)13-23(12-15)20(25)14-21-6-8-22(9-7-21)19-11-17(28-3)4-5-18(19)24(26)27/h4-5,11,15-16H,6-10,12-14H2,1-3H3/t15-,16+. The van der Waals surface area contributed by atoms with Gasteiger partial charge in [-0.05, 0) is 24.3 Å². The maximum Gasteiger partial charge on any atom is 0.292 e.